The van der Waals surface area contributed by atoms with Gasteiger partial charge in [-0.3, -0.25) is 4.90 Å². The summed E-state index contributed by atoms with van der Waals surface area (Å²) in [5.41, 5.74) is 3.57. The van der Waals surface area contributed by atoms with Crippen LogP contribution in [0.5, 0.6) is 0 Å². The SMILES string of the molecule is Clc1ccc(Cl)c(CN2CCc3nc(C4CCCCC4)ncc3C2)c1. The highest BCUT2D eigenvalue weighted by atomic mass is 35.5. The molecule has 2 aliphatic rings. The second-order valence-corrected chi connectivity index (χ2v) is 8.08. The standard InChI is InChI=1S/C20H23Cl2N3/c21-17-6-7-18(22)15(10-17)12-25-9-8-19-16(13-25)11-23-20(24-19)14-4-2-1-3-5-14/h6-7,10-11,14H,1-5,8-9,12-13H2. The van der Waals surface area contributed by atoms with Crippen LogP contribution >= 0.6 is 23.2 Å². The third-order valence-electron chi connectivity index (χ3n) is 5.40. The van der Waals surface area contributed by atoms with Crippen molar-refractivity contribution in [3.63, 3.8) is 0 Å². The molecule has 0 N–H and O–H groups in total. The van der Waals surface area contributed by atoms with E-state index >= 15 is 0 Å². The first-order valence-electron chi connectivity index (χ1n) is 9.20. The van der Waals surface area contributed by atoms with Crippen molar-refractivity contribution in [2.24, 2.45) is 0 Å². The summed E-state index contributed by atoms with van der Waals surface area (Å²) in [5, 5.41) is 1.51. The number of halogens is 2. The van der Waals surface area contributed by atoms with Gasteiger partial charge in [0.2, 0.25) is 0 Å². The van der Waals surface area contributed by atoms with Gasteiger partial charge in [-0.05, 0) is 36.6 Å². The number of aromatic nitrogens is 2. The zero-order valence-corrected chi connectivity index (χ0v) is 15.9. The van der Waals surface area contributed by atoms with Gasteiger partial charge in [-0.25, -0.2) is 9.97 Å². The number of hydrogen-bond acceptors (Lipinski definition) is 3. The normalized spacial score (nSPS) is 19.0. The van der Waals surface area contributed by atoms with E-state index in [0.29, 0.717) is 5.92 Å². The molecule has 1 aliphatic heterocycles. The zero-order valence-electron chi connectivity index (χ0n) is 14.3. The van der Waals surface area contributed by atoms with Gasteiger partial charge in [0.25, 0.3) is 0 Å². The Balaban J connectivity index is 1.47. The molecule has 2 heterocycles. The zero-order chi connectivity index (χ0) is 17.2. The summed E-state index contributed by atoms with van der Waals surface area (Å²) in [5.74, 6) is 1.65. The highest BCUT2D eigenvalue weighted by Gasteiger charge is 2.23. The number of fused-ring (bicyclic) bond motifs is 1. The Hall–Kier alpha value is -1.16. The van der Waals surface area contributed by atoms with Gasteiger partial charge < -0.3 is 0 Å². The predicted octanol–water partition coefficient (Wildman–Crippen LogP) is 5.39. The van der Waals surface area contributed by atoms with Crippen LogP contribution in [0.3, 0.4) is 0 Å². The van der Waals surface area contributed by atoms with Crippen LogP contribution in [0.25, 0.3) is 0 Å². The summed E-state index contributed by atoms with van der Waals surface area (Å²) in [4.78, 5) is 12.0. The Morgan fingerprint density at radius 3 is 2.80 bits per heavy atom. The minimum Gasteiger partial charge on any atom is -0.294 e. The van der Waals surface area contributed by atoms with Gasteiger partial charge in [0, 0.05) is 59.5 Å². The molecule has 1 aromatic heterocycles. The van der Waals surface area contributed by atoms with Crippen LogP contribution in [0.4, 0.5) is 0 Å². The van der Waals surface area contributed by atoms with Crippen LogP contribution in [-0.4, -0.2) is 21.4 Å². The average molecular weight is 376 g/mol. The number of nitrogens with zero attached hydrogens (tertiary/aromatic N) is 3. The van der Waals surface area contributed by atoms with E-state index in [1.165, 1.54) is 43.4 Å². The van der Waals surface area contributed by atoms with Crippen molar-refractivity contribution in [1.29, 1.82) is 0 Å². The molecule has 3 nitrogen and oxygen atoms in total. The Morgan fingerprint density at radius 1 is 1.12 bits per heavy atom. The molecule has 25 heavy (non-hydrogen) atoms. The Kier molecular flexibility index (Phi) is 5.25. The van der Waals surface area contributed by atoms with E-state index in [0.717, 1.165) is 47.5 Å². The molecule has 132 valence electrons. The van der Waals surface area contributed by atoms with E-state index in [2.05, 4.69) is 11.1 Å². The Morgan fingerprint density at radius 2 is 1.96 bits per heavy atom. The van der Waals surface area contributed by atoms with Crippen LogP contribution in [0.1, 0.15) is 60.7 Å². The van der Waals surface area contributed by atoms with Crippen molar-refractivity contribution in [2.45, 2.75) is 57.5 Å². The smallest absolute Gasteiger partial charge is 0.131 e. The third-order valence-corrected chi connectivity index (χ3v) is 6.01. The fraction of sp³-hybridized carbons (Fsp3) is 0.500. The summed E-state index contributed by atoms with van der Waals surface area (Å²) in [7, 11) is 0. The van der Waals surface area contributed by atoms with E-state index in [4.69, 9.17) is 33.2 Å². The summed E-state index contributed by atoms with van der Waals surface area (Å²) in [6, 6.07) is 5.66. The van der Waals surface area contributed by atoms with Crippen LogP contribution in [0.2, 0.25) is 10.0 Å². The Labute approximate surface area is 159 Å². The van der Waals surface area contributed by atoms with Crippen LogP contribution in [0.15, 0.2) is 24.4 Å². The molecule has 5 heteroatoms. The lowest BCUT2D eigenvalue weighted by Crippen LogP contribution is -2.31. The third kappa shape index (κ3) is 3.99. The molecule has 0 radical (unpaired) electrons. The van der Waals surface area contributed by atoms with Crippen molar-refractivity contribution in [3.8, 4) is 0 Å². The number of benzene rings is 1. The quantitative estimate of drug-likeness (QED) is 0.719. The first-order valence-corrected chi connectivity index (χ1v) is 9.95. The van der Waals surface area contributed by atoms with Crippen LogP contribution in [-0.2, 0) is 19.5 Å². The molecule has 1 saturated carbocycles. The van der Waals surface area contributed by atoms with Gasteiger partial charge >= 0.3 is 0 Å². The summed E-state index contributed by atoms with van der Waals surface area (Å²) in [6.07, 6.45) is 9.53. The van der Waals surface area contributed by atoms with E-state index in [1.54, 1.807) is 0 Å². The van der Waals surface area contributed by atoms with Crippen molar-refractivity contribution in [1.82, 2.24) is 14.9 Å². The molecule has 0 atom stereocenters. The molecular weight excluding hydrogens is 353 g/mol. The predicted molar refractivity (Wildman–Crippen MR) is 102 cm³/mol. The molecule has 2 aromatic rings. The molecule has 4 rings (SSSR count). The van der Waals surface area contributed by atoms with Gasteiger partial charge in [0.05, 0.1) is 0 Å². The van der Waals surface area contributed by atoms with Crippen molar-refractivity contribution in [3.05, 3.63) is 57.1 Å². The van der Waals surface area contributed by atoms with Gasteiger partial charge in [-0.15, -0.1) is 0 Å². The molecule has 0 saturated heterocycles. The van der Waals surface area contributed by atoms with E-state index < -0.39 is 0 Å². The largest absolute Gasteiger partial charge is 0.294 e. The summed E-state index contributed by atoms with van der Waals surface area (Å²) in [6.45, 7) is 2.68. The molecule has 0 unspecified atom stereocenters. The second kappa shape index (κ2) is 7.61. The van der Waals surface area contributed by atoms with E-state index in [-0.39, 0.29) is 0 Å². The minimum atomic E-state index is 0.572. The van der Waals surface area contributed by atoms with Crippen LogP contribution < -0.4 is 0 Å². The molecular formula is C20H23Cl2N3. The summed E-state index contributed by atoms with van der Waals surface area (Å²) >= 11 is 12.4. The highest BCUT2D eigenvalue weighted by Crippen LogP contribution is 2.31. The van der Waals surface area contributed by atoms with Crippen LogP contribution in [0, 0.1) is 0 Å². The maximum absolute atomic E-state index is 6.31. The van der Waals surface area contributed by atoms with Crippen molar-refractivity contribution in [2.75, 3.05) is 6.54 Å². The first kappa shape index (κ1) is 17.3. The second-order valence-electron chi connectivity index (χ2n) is 7.23. The van der Waals surface area contributed by atoms with Crippen molar-refractivity contribution >= 4 is 23.2 Å². The minimum absolute atomic E-state index is 0.572. The molecule has 1 aromatic carbocycles. The van der Waals surface area contributed by atoms with E-state index in [1.807, 2.05) is 18.2 Å². The van der Waals surface area contributed by atoms with E-state index in [9.17, 15) is 0 Å². The highest BCUT2D eigenvalue weighted by molar-refractivity contribution is 6.33. The fourth-order valence-corrected chi connectivity index (χ4v) is 4.36. The Bertz CT molecular complexity index is 757. The number of rotatable bonds is 3. The topological polar surface area (TPSA) is 29.0 Å². The number of hydrogen-bond donors (Lipinski definition) is 0. The lowest BCUT2D eigenvalue weighted by molar-refractivity contribution is 0.242. The van der Waals surface area contributed by atoms with Gasteiger partial charge in [0.15, 0.2) is 0 Å². The monoisotopic (exact) mass is 375 g/mol. The van der Waals surface area contributed by atoms with Crippen molar-refractivity contribution < 1.29 is 0 Å². The maximum Gasteiger partial charge on any atom is 0.131 e. The van der Waals surface area contributed by atoms with Gasteiger partial charge in [-0.1, -0.05) is 42.5 Å². The van der Waals surface area contributed by atoms with Gasteiger partial charge in [0.1, 0.15) is 5.82 Å². The van der Waals surface area contributed by atoms with Gasteiger partial charge in [-0.2, -0.15) is 0 Å². The fourth-order valence-electron chi connectivity index (χ4n) is 3.99. The first-order chi connectivity index (χ1) is 12.2. The lowest BCUT2D eigenvalue weighted by atomic mass is 9.88. The lowest BCUT2D eigenvalue weighted by Gasteiger charge is -2.29. The maximum atomic E-state index is 6.31. The molecule has 0 amide bonds. The molecule has 1 fully saturated rings. The molecule has 0 spiro atoms. The molecule has 0 bridgehead atoms. The average Bonchev–Trinajstić information content (AvgIpc) is 2.65. The summed E-state index contributed by atoms with van der Waals surface area (Å²) < 4.78 is 0. The molecule has 1 aliphatic carbocycles.